The van der Waals surface area contributed by atoms with E-state index in [1.54, 1.807) is 6.26 Å². The third-order valence-corrected chi connectivity index (χ3v) is 2.17. The Hall–Kier alpha value is -1.51. The van der Waals surface area contributed by atoms with Gasteiger partial charge in [0.2, 0.25) is 5.91 Å². The molecule has 3 heteroatoms. The summed E-state index contributed by atoms with van der Waals surface area (Å²) in [5.74, 6) is 0.283. The summed E-state index contributed by atoms with van der Waals surface area (Å²) in [4.78, 5) is 10.6. The number of hydrogen-bond donors (Lipinski definition) is 1. The second-order valence-electron chi connectivity index (χ2n) is 3.21. The summed E-state index contributed by atoms with van der Waals surface area (Å²) in [6.45, 7) is 0. The van der Waals surface area contributed by atoms with Gasteiger partial charge in [-0.05, 0) is 30.1 Å². The average Bonchev–Trinajstić information content (AvgIpc) is 2.49. The predicted octanol–water partition coefficient (Wildman–Crippen LogP) is 1.38. The summed E-state index contributed by atoms with van der Waals surface area (Å²) in [6, 6.07) is 0. The van der Waals surface area contributed by atoms with Crippen LogP contribution in [0.4, 0.5) is 0 Å². The van der Waals surface area contributed by atoms with E-state index >= 15 is 0 Å². The molecule has 1 aliphatic heterocycles. The molecule has 0 spiro atoms. The molecule has 3 nitrogen and oxygen atoms in total. The lowest BCUT2D eigenvalue weighted by Crippen LogP contribution is -2.12. The van der Waals surface area contributed by atoms with E-state index in [0.29, 0.717) is 5.76 Å². The normalized spacial score (nSPS) is 19.5. The number of rotatable bonds is 2. The number of nitrogens with two attached hydrogens (primary N) is 1. The van der Waals surface area contributed by atoms with E-state index in [0.717, 1.165) is 12.8 Å². The lowest BCUT2D eigenvalue weighted by Gasteiger charge is -2.12. The molecule has 0 saturated heterocycles. The minimum absolute atomic E-state index is 0.182. The number of primary amides is 1. The molecule has 2 aliphatic rings. The molecule has 0 aromatic carbocycles. The van der Waals surface area contributed by atoms with Crippen molar-refractivity contribution >= 4 is 5.91 Å². The Morgan fingerprint density at radius 1 is 1.62 bits per heavy atom. The summed E-state index contributed by atoms with van der Waals surface area (Å²) < 4.78 is 5.26. The number of hydrogen-bond acceptors (Lipinski definition) is 2. The third kappa shape index (κ3) is 1.64. The van der Waals surface area contributed by atoms with E-state index in [9.17, 15) is 4.79 Å². The van der Waals surface area contributed by atoms with Gasteiger partial charge < -0.3 is 10.5 Å². The minimum Gasteiger partial charge on any atom is -0.468 e. The van der Waals surface area contributed by atoms with E-state index in [2.05, 4.69) is 6.08 Å². The first-order valence-electron chi connectivity index (χ1n) is 4.31. The Morgan fingerprint density at radius 3 is 3.23 bits per heavy atom. The summed E-state index contributed by atoms with van der Waals surface area (Å²) >= 11 is 0. The van der Waals surface area contributed by atoms with Gasteiger partial charge in [0.05, 0.1) is 12.7 Å². The SMILES string of the molecule is NC(=O)CC1=CC2=CCCC2=CO1. The van der Waals surface area contributed by atoms with Crippen LogP contribution in [0, 0.1) is 0 Å². The van der Waals surface area contributed by atoms with Gasteiger partial charge in [-0.2, -0.15) is 0 Å². The van der Waals surface area contributed by atoms with Crippen molar-refractivity contribution < 1.29 is 9.53 Å². The largest absolute Gasteiger partial charge is 0.468 e. The number of amides is 1. The molecule has 0 bridgehead atoms. The zero-order valence-corrected chi connectivity index (χ0v) is 7.25. The lowest BCUT2D eigenvalue weighted by molar-refractivity contribution is -0.117. The van der Waals surface area contributed by atoms with E-state index in [4.69, 9.17) is 10.5 Å². The lowest BCUT2D eigenvalue weighted by atomic mass is 10.1. The maximum atomic E-state index is 10.6. The second-order valence-corrected chi connectivity index (χ2v) is 3.21. The van der Waals surface area contributed by atoms with Gasteiger partial charge in [-0.15, -0.1) is 0 Å². The number of fused-ring (bicyclic) bond motifs is 1. The molecule has 68 valence electrons. The van der Waals surface area contributed by atoms with Gasteiger partial charge in [0.1, 0.15) is 5.76 Å². The Kier molecular flexibility index (Phi) is 1.93. The second kappa shape index (κ2) is 3.09. The molecule has 2 rings (SSSR count). The van der Waals surface area contributed by atoms with Crippen molar-refractivity contribution in [2.75, 3.05) is 0 Å². The van der Waals surface area contributed by atoms with Gasteiger partial charge >= 0.3 is 0 Å². The fourth-order valence-electron chi connectivity index (χ4n) is 1.56. The van der Waals surface area contributed by atoms with Crippen LogP contribution in [-0.4, -0.2) is 5.91 Å². The molecule has 0 unspecified atom stereocenters. The van der Waals surface area contributed by atoms with Crippen molar-refractivity contribution in [2.24, 2.45) is 5.73 Å². The topological polar surface area (TPSA) is 52.3 Å². The van der Waals surface area contributed by atoms with Crippen molar-refractivity contribution in [3.05, 3.63) is 35.3 Å². The Balaban J connectivity index is 2.14. The average molecular weight is 177 g/mol. The standard InChI is InChI=1S/C10H11NO2/c11-10(12)5-9-4-7-2-1-3-8(7)6-13-9/h2,4,6H,1,3,5H2,(H2,11,12). The molecule has 0 atom stereocenters. The maximum Gasteiger partial charge on any atom is 0.225 e. The van der Waals surface area contributed by atoms with Gasteiger partial charge in [0, 0.05) is 0 Å². The van der Waals surface area contributed by atoms with Gasteiger partial charge in [-0.1, -0.05) is 6.08 Å². The molecule has 1 heterocycles. The highest BCUT2D eigenvalue weighted by molar-refractivity contribution is 5.76. The highest BCUT2D eigenvalue weighted by Crippen LogP contribution is 2.31. The zero-order valence-electron chi connectivity index (χ0n) is 7.25. The van der Waals surface area contributed by atoms with E-state index in [1.807, 2.05) is 6.08 Å². The first kappa shape index (κ1) is 8.10. The number of carbonyl (C=O) groups is 1. The number of allylic oxidation sites excluding steroid dienone is 4. The summed E-state index contributed by atoms with van der Waals surface area (Å²) in [5.41, 5.74) is 7.46. The maximum absolute atomic E-state index is 10.6. The summed E-state index contributed by atoms with van der Waals surface area (Å²) in [7, 11) is 0. The number of carbonyl (C=O) groups excluding carboxylic acids is 1. The molecule has 2 N–H and O–H groups in total. The molecule has 0 saturated carbocycles. The van der Waals surface area contributed by atoms with Crippen molar-refractivity contribution in [3.63, 3.8) is 0 Å². The molecular formula is C10H11NO2. The molecule has 0 aromatic heterocycles. The predicted molar refractivity (Wildman–Crippen MR) is 48.4 cm³/mol. The van der Waals surface area contributed by atoms with Gasteiger partial charge in [0.15, 0.2) is 0 Å². The van der Waals surface area contributed by atoms with Gasteiger partial charge in [-0.3, -0.25) is 4.79 Å². The Labute approximate surface area is 76.6 Å². The first-order valence-corrected chi connectivity index (χ1v) is 4.31. The smallest absolute Gasteiger partial charge is 0.225 e. The van der Waals surface area contributed by atoms with Crippen molar-refractivity contribution in [1.29, 1.82) is 0 Å². The van der Waals surface area contributed by atoms with Crippen molar-refractivity contribution in [1.82, 2.24) is 0 Å². The van der Waals surface area contributed by atoms with Crippen LogP contribution in [-0.2, 0) is 9.53 Å². The quantitative estimate of drug-likeness (QED) is 0.692. The van der Waals surface area contributed by atoms with E-state index in [-0.39, 0.29) is 12.3 Å². The Bertz CT molecular complexity index is 337. The molecular weight excluding hydrogens is 166 g/mol. The van der Waals surface area contributed by atoms with E-state index in [1.165, 1.54) is 11.1 Å². The van der Waals surface area contributed by atoms with Crippen molar-refractivity contribution in [3.8, 4) is 0 Å². The fraction of sp³-hybridized carbons (Fsp3) is 0.300. The molecule has 0 aromatic rings. The zero-order chi connectivity index (χ0) is 9.26. The molecule has 0 fully saturated rings. The Morgan fingerprint density at radius 2 is 2.46 bits per heavy atom. The monoisotopic (exact) mass is 177 g/mol. The van der Waals surface area contributed by atoms with Crippen LogP contribution in [0.15, 0.2) is 35.3 Å². The van der Waals surface area contributed by atoms with Crippen LogP contribution in [0.25, 0.3) is 0 Å². The molecule has 13 heavy (non-hydrogen) atoms. The minimum atomic E-state index is -0.360. The van der Waals surface area contributed by atoms with Crippen LogP contribution in [0.3, 0.4) is 0 Å². The fourth-order valence-corrected chi connectivity index (χ4v) is 1.56. The molecule has 1 aliphatic carbocycles. The van der Waals surface area contributed by atoms with Crippen LogP contribution < -0.4 is 5.73 Å². The summed E-state index contributed by atoms with van der Waals surface area (Å²) in [5, 5.41) is 0. The third-order valence-electron chi connectivity index (χ3n) is 2.17. The first-order chi connectivity index (χ1) is 6.25. The number of ether oxygens (including phenoxy) is 1. The van der Waals surface area contributed by atoms with Crippen LogP contribution in [0.1, 0.15) is 19.3 Å². The highest BCUT2D eigenvalue weighted by atomic mass is 16.5. The van der Waals surface area contributed by atoms with Gasteiger partial charge in [0.25, 0.3) is 0 Å². The molecule has 1 amide bonds. The molecule has 0 radical (unpaired) electrons. The van der Waals surface area contributed by atoms with E-state index < -0.39 is 0 Å². The van der Waals surface area contributed by atoms with Crippen molar-refractivity contribution in [2.45, 2.75) is 19.3 Å². The van der Waals surface area contributed by atoms with Crippen LogP contribution in [0.2, 0.25) is 0 Å². The van der Waals surface area contributed by atoms with Gasteiger partial charge in [-0.25, -0.2) is 0 Å². The van der Waals surface area contributed by atoms with Crippen LogP contribution in [0.5, 0.6) is 0 Å². The summed E-state index contributed by atoms with van der Waals surface area (Å²) in [6.07, 6.45) is 8.04. The van der Waals surface area contributed by atoms with Crippen LogP contribution >= 0.6 is 0 Å². The highest BCUT2D eigenvalue weighted by Gasteiger charge is 2.16.